The highest BCUT2D eigenvalue weighted by atomic mass is 16.5. The van der Waals surface area contributed by atoms with Crippen LogP contribution in [-0.2, 0) is 16.1 Å². The number of benzene rings is 1. The van der Waals surface area contributed by atoms with E-state index in [4.69, 9.17) is 10.00 Å². The van der Waals surface area contributed by atoms with Crippen LogP contribution < -0.4 is 0 Å². The summed E-state index contributed by atoms with van der Waals surface area (Å²) in [6.45, 7) is 7.00. The predicted molar refractivity (Wildman–Crippen MR) is 93.3 cm³/mol. The van der Waals surface area contributed by atoms with Crippen LogP contribution in [0.3, 0.4) is 0 Å². The van der Waals surface area contributed by atoms with Gasteiger partial charge < -0.3 is 9.64 Å². The molecule has 0 N–H and O–H groups in total. The van der Waals surface area contributed by atoms with Gasteiger partial charge in [-0.2, -0.15) is 5.26 Å². The van der Waals surface area contributed by atoms with E-state index in [0.717, 1.165) is 31.5 Å². The van der Waals surface area contributed by atoms with Crippen molar-refractivity contribution in [3.63, 3.8) is 0 Å². The molecular formula is C19H27N3O2. The summed E-state index contributed by atoms with van der Waals surface area (Å²) in [6.07, 6.45) is 1.92. The molecule has 2 rings (SSSR count). The number of nitriles is 1. The molecule has 1 atom stereocenters. The summed E-state index contributed by atoms with van der Waals surface area (Å²) in [5.41, 5.74) is 1.77. The van der Waals surface area contributed by atoms with E-state index in [1.165, 1.54) is 0 Å². The van der Waals surface area contributed by atoms with Gasteiger partial charge in [0.2, 0.25) is 5.91 Å². The van der Waals surface area contributed by atoms with Crippen molar-refractivity contribution in [2.75, 3.05) is 26.8 Å². The van der Waals surface area contributed by atoms with Crippen LogP contribution in [0, 0.1) is 11.3 Å². The van der Waals surface area contributed by atoms with Gasteiger partial charge in [-0.05, 0) is 44.4 Å². The van der Waals surface area contributed by atoms with Crippen molar-refractivity contribution < 1.29 is 9.53 Å². The second-order valence-electron chi connectivity index (χ2n) is 6.56. The fourth-order valence-corrected chi connectivity index (χ4v) is 3.20. The number of rotatable bonds is 7. The lowest BCUT2D eigenvalue weighted by Gasteiger charge is -2.40. The van der Waals surface area contributed by atoms with Gasteiger partial charge in [0, 0.05) is 32.8 Å². The van der Waals surface area contributed by atoms with Crippen molar-refractivity contribution in [3.8, 4) is 6.07 Å². The predicted octanol–water partition coefficient (Wildman–Crippen LogP) is 2.41. The molecule has 5 heteroatoms. The molecule has 0 saturated carbocycles. The molecule has 1 fully saturated rings. The minimum atomic E-state index is -0.0908. The third-order valence-corrected chi connectivity index (χ3v) is 4.56. The highest BCUT2D eigenvalue weighted by molar-refractivity contribution is 5.82. The van der Waals surface area contributed by atoms with Crippen molar-refractivity contribution in [2.24, 2.45) is 0 Å². The van der Waals surface area contributed by atoms with E-state index in [9.17, 15) is 4.79 Å². The number of ether oxygens (including phenoxy) is 1. The number of methoxy groups -OCH3 is 1. The van der Waals surface area contributed by atoms with Gasteiger partial charge in [0.1, 0.15) is 0 Å². The fourth-order valence-electron chi connectivity index (χ4n) is 3.20. The lowest BCUT2D eigenvalue weighted by molar-refractivity contribution is -0.142. The summed E-state index contributed by atoms with van der Waals surface area (Å²) in [6, 6.07) is 9.86. The number of hydrogen-bond acceptors (Lipinski definition) is 4. The molecule has 24 heavy (non-hydrogen) atoms. The summed E-state index contributed by atoms with van der Waals surface area (Å²) in [4.78, 5) is 17.1. The standard InChI is InChI=1S/C19H27N3O2/c1-15(2)22-10-4-5-18(19(22)23)21(11-12-24-3)14-17-8-6-16(13-20)7-9-17/h6-9,15,18H,4-5,10-12,14H2,1-3H3. The highest BCUT2D eigenvalue weighted by Crippen LogP contribution is 2.21. The van der Waals surface area contributed by atoms with Gasteiger partial charge in [-0.3, -0.25) is 9.69 Å². The molecule has 1 aromatic carbocycles. The van der Waals surface area contributed by atoms with Crippen LogP contribution in [-0.4, -0.2) is 54.6 Å². The third-order valence-electron chi connectivity index (χ3n) is 4.56. The minimum Gasteiger partial charge on any atom is -0.383 e. The van der Waals surface area contributed by atoms with Gasteiger partial charge in [-0.1, -0.05) is 12.1 Å². The van der Waals surface area contributed by atoms with Gasteiger partial charge >= 0.3 is 0 Å². The molecule has 0 radical (unpaired) electrons. The summed E-state index contributed by atoms with van der Waals surface area (Å²) in [7, 11) is 1.68. The first kappa shape index (κ1) is 18.4. The lowest BCUT2D eigenvalue weighted by Crippen LogP contribution is -2.54. The molecular weight excluding hydrogens is 302 g/mol. The Bertz CT molecular complexity index is 577. The first-order valence-corrected chi connectivity index (χ1v) is 8.59. The average Bonchev–Trinajstić information content (AvgIpc) is 2.59. The summed E-state index contributed by atoms with van der Waals surface area (Å²) >= 11 is 0. The van der Waals surface area contributed by atoms with E-state index in [1.54, 1.807) is 7.11 Å². The van der Waals surface area contributed by atoms with Crippen LogP contribution >= 0.6 is 0 Å². The zero-order valence-corrected chi connectivity index (χ0v) is 14.9. The zero-order chi connectivity index (χ0) is 17.5. The number of carbonyl (C=O) groups excluding carboxylic acids is 1. The van der Waals surface area contributed by atoms with E-state index in [2.05, 4.69) is 24.8 Å². The van der Waals surface area contributed by atoms with Crippen LogP contribution in [0.5, 0.6) is 0 Å². The Morgan fingerprint density at radius 3 is 2.67 bits per heavy atom. The van der Waals surface area contributed by atoms with Crippen LogP contribution in [0.1, 0.15) is 37.8 Å². The minimum absolute atomic E-state index is 0.0908. The second kappa shape index (κ2) is 8.81. The van der Waals surface area contributed by atoms with E-state index < -0.39 is 0 Å². The fraction of sp³-hybridized carbons (Fsp3) is 0.579. The number of piperidine rings is 1. The smallest absolute Gasteiger partial charge is 0.240 e. The maximum Gasteiger partial charge on any atom is 0.240 e. The number of hydrogen-bond donors (Lipinski definition) is 0. The summed E-state index contributed by atoms with van der Waals surface area (Å²) in [5, 5.41) is 8.92. The van der Waals surface area contributed by atoms with E-state index in [1.807, 2.05) is 29.2 Å². The Hall–Kier alpha value is -1.90. The van der Waals surface area contributed by atoms with Crippen LogP contribution in [0.4, 0.5) is 0 Å². The second-order valence-corrected chi connectivity index (χ2v) is 6.56. The van der Waals surface area contributed by atoms with Crippen molar-refractivity contribution in [1.82, 2.24) is 9.80 Å². The number of nitrogens with zero attached hydrogens (tertiary/aromatic N) is 3. The van der Waals surface area contributed by atoms with E-state index in [-0.39, 0.29) is 18.0 Å². The maximum atomic E-state index is 12.9. The molecule has 1 amide bonds. The first-order chi connectivity index (χ1) is 11.6. The molecule has 1 aliphatic heterocycles. The van der Waals surface area contributed by atoms with Crippen molar-refractivity contribution >= 4 is 5.91 Å². The molecule has 0 bridgehead atoms. The van der Waals surface area contributed by atoms with Crippen molar-refractivity contribution in [2.45, 2.75) is 45.3 Å². The molecule has 1 aromatic rings. The molecule has 0 aliphatic carbocycles. The Labute approximate surface area is 144 Å². The number of carbonyl (C=O) groups is 1. The van der Waals surface area contributed by atoms with Crippen molar-refractivity contribution in [1.29, 1.82) is 5.26 Å². The van der Waals surface area contributed by atoms with Crippen molar-refractivity contribution in [3.05, 3.63) is 35.4 Å². The van der Waals surface area contributed by atoms with Gasteiger partial charge in [0.25, 0.3) is 0 Å². The normalized spacial score (nSPS) is 18.2. The average molecular weight is 329 g/mol. The Morgan fingerprint density at radius 2 is 2.08 bits per heavy atom. The van der Waals surface area contributed by atoms with Gasteiger partial charge in [0.05, 0.1) is 24.3 Å². The van der Waals surface area contributed by atoms with Gasteiger partial charge in [-0.15, -0.1) is 0 Å². The molecule has 1 aliphatic rings. The maximum absolute atomic E-state index is 12.9. The topological polar surface area (TPSA) is 56.6 Å². The van der Waals surface area contributed by atoms with Crippen LogP contribution in [0.15, 0.2) is 24.3 Å². The van der Waals surface area contributed by atoms with Gasteiger partial charge in [0.15, 0.2) is 0 Å². The molecule has 0 aromatic heterocycles. The largest absolute Gasteiger partial charge is 0.383 e. The molecule has 1 heterocycles. The lowest BCUT2D eigenvalue weighted by atomic mass is 10.0. The quantitative estimate of drug-likeness (QED) is 0.771. The third kappa shape index (κ3) is 4.56. The van der Waals surface area contributed by atoms with Crippen LogP contribution in [0.2, 0.25) is 0 Å². The highest BCUT2D eigenvalue weighted by Gasteiger charge is 2.34. The molecule has 0 spiro atoms. The SMILES string of the molecule is COCCN(Cc1ccc(C#N)cc1)C1CCCN(C(C)C)C1=O. The molecule has 130 valence electrons. The summed E-state index contributed by atoms with van der Waals surface area (Å²) < 4.78 is 5.24. The molecule has 1 unspecified atom stereocenters. The molecule has 1 saturated heterocycles. The summed E-state index contributed by atoms with van der Waals surface area (Å²) in [5.74, 6) is 0.223. The first-order valence-electron chi connectivity index (χ1n) is 8.59. The molecule has 5 nitrogen and oxygen atoms in total. The Morgan fingerprint density at radius 1 is 1.38 bits per heavy atom. The number of likely N-dealkylation sites (tertiary alicyclic amines) is 1. The van der Waals surface area contributed by atoms with Gasteiger partial charge in [-0.25, -0.2) is 0 Å². The van der Waals surface area contributed by atoms with E-state index >= 15 is 0 Å². The number of amides is 1. The Balaban J connectivity index is 2.14. The Kier molecular flexibility index (Phi) is 6.77. The van der Waals surface area contributed by atoms with E-state index in [0.29, 0.717) is 18.7 Å². The van der Waals surface area contributed by atoms with Crippen LogP contribution in [0.25, 0.3) is 0 Å². The zero-order valence-electron chi connectivity index (χ0n) is 14.9. The monoisotopic (exact) mass is 329 g/mol.